The van der Waals surface area contributed by atoms with Gasteiger partial charge in [-0.3, -0.25) is 4.79 Å². The zero-order chi connectivity index (χ0) is 18.4. The van der Waals surface area contributed by atoms with Crippen LogP contribution >= 0.6 is 11.8 Å². The molecule has 0 radical (unpaired) electrons. The van der Waals surface area contributed by atoms with Crippen LogP contribution in [0.4, 0.5) is 5.95 Å². The van der Waals surface area contributed by atoms with E-state index in [-0.39, 0.29) is 5.91 Å². The van der Waals surface area contributed by atoms with Crippen molar-refractivity contribution in [2.75, 3.05) is 50.9 Å². The first-order valence-corrected chi connectivity index (χ1v) is 10.1. The highest BCUT2D eigenvalue weighted by Gasteiger charge is 2.24. The van der Waals surface area contributed by atoms with Crippen LogP contribution in [0.25, 0.3) is 0 Å². The number of nitrogens with zero attached hydrogens (tertiary/aromatic N) is 4. The van der Waals surface area contributed by atoms with E-state index in [1.165, 1.54) is 15.4 Å². The van der Waals surface area contributed by atoms with Crippen molar-refractivity contribution in [1.29, 1.82) is 0 Å². The molecule has 1 amide bonds. The van der Waals surface area contributed by atoms with E-state index in [0.29, 0.717) is 6.54 Å². The van der Waals surface area contributed by atoms with Crippen LogP contribution < -0.4 is 9.80 Å². The van der Waals surface area contributed by atoms with Gasteiger partial charge in [0.1, 0.15) is 6.54 Å². The molecule has 1 aromatic carbocycles. The van der Waals surface area contributed by atoms with Crippen molar-refractivity contribution in [3.63, 3.8) is 0 Å². The zero-order valence-electron chi connectivity index (χ0n) is 15.4. The minimum absolute atomic E-state index is 0.219. The number of hydrogen-bond donors (Lipinski definition) is 1. The summed E-state index contributed by atoms with van der Waals surface area (Å²) in [5, 5.41) is 0. The van der Waals surface area contributed by atoms with Crippen LogP contribution in [0.1, 0.15) is 5.56 Å². The Morgan fingerprint density at radius 2 is 1.77 bits per heavy atom. The summed E-state index contributed by atoms with van der Waals surface area (Å²) in [6.07, 6.45) is 5.59. The molecule has 7 heteroatoms. The predicted octanol–water partition coefficient (Wildman–Crippen LogP) is 0.562. The average molecular weight is 373 g/mol. The molecule has 1 N–H and O–H groups in total. The summed E-state index contributed by atoms with van der Waals surface area (Å²) in [5.41, 5.74) is 1.26. The predicted molar refractivity (Wildman–Crippen MR) is 105 cm³/mol. The SMILES string of the molecule is CSc1ccc(C[NH+](C)CC(=O)N2CCN(c3ncccn3)CC2)cc1. The molecule has 1 aliphatic rings. The summed E-state index contributed by atoms with van der Waals surface area (Å²) >= 11 is 1.74. The molecule has 1 aromatic heterocycles. The van der Waals surface area contributed by atoms with Crippen molar-refractivity contribution in [2.45, 2.75) is 11.4 Å². The molecule has 1 aliphatic heterocycles. The normalized spacial score (nSPS) is 15.8. The van der Waals surface area contributed by atoms with Crippen molar-refractivity contribution >= 4 is 23.6 Å². The Balaban J connectivity index is 1.46. The van der Waals surface area contributed by atoms with Gasteiger partial charge in [0.15, 0.2) is 6.54 Å². The average Bonchev–Trinajstić information content (AvgIpc) is 2.69. The molecule has 1 atom stereocenters. The smallest absolute Gasteiger partial charge is 0.277 e. The fraction of sp³-hybridized carbons (Fsp3) is 0.421. The summed E-state index contributed by atoms with van der Waals surface area (Å²) in [7, 11) is 2.08. The molecule has 6 nitrogen and oxygen atoms in total. The number of piperazine rings is 1. The lowest BCUT2D eigenvalue weighted by molar-refractivity contribution is -0.885. The monoisotopic (exact) mass is 372 g/mol. The van der Waals surface area contributed by atoms with Gasteiger partial charge in [-0.15, -0.1) is 11.8 Å². The molecule has 2 heterocycles. The number of thioether (sulfide) groups is 1. The Bertz CT molecular complexity index is 702. The summed E-state index contributed by atoms with van der Waals surface area (Å²) in [4.78, 5) is 27.7. The number of carbonyl (C=O) groups is 1. The second-order valence-electron chi connectivity index (χ2n) is 6.58. The number of aromatic nitrogens is 2. The van der Waals surface area contributed by atoms with Gasteiger partial charge in [0.25, 0.3) is 5.91 Å². The van der Waals surface area contributed by atoms with E-state index in [2.05, 4.69) is 52.4 Å². The van der Waals surface area contributed by atoms with E-state index >= 15 is 0 Å². The molecule has 1 saturated heterocycles. The summed E-state index contributed by atoms with van der Waals surface area (Å²) in [6, 6.07) is 10.4. The van der Waals surface area contributed by atoms with Gasteiger partial charge in [-0.1, -0.05) is 12.1 Å². The number of quaternary nitrogens is 1. The lowest BCUT2D eigenvalue weighted by Gasteiger charge is -2.34. The summed E-state index contributed by atoms with van der Waals surface area (Å²) in [5.74, 6) is 0.966. The van der Waals surface area contributed by atoms with E-state index in [0.717, 1.165) is 38.7 Å². The molecule has 0 spiro atoms. The van der Waals surface area contributed by atoms with Crippen molar-refractivity contribution in [2.24, 2.45) is 0 Å². The maximum Gasteiger partial charge on any atom is 0.277 e. The molecular formula is C19H26N5OS+. The van der Waals surface area contributed by atoms with Crippen molar-refractivity contribution < 1.29 is 9.69 Å². The molecule has 138 valence electrons. The maximum absolute atomic E-state index is 12.6. The lowest BCUT2D eigenvalue weighted by Crippen LogP contribution is -3.09. The molecular weight excluding hydrogens is 346 g/mol. The van der Waals surface area contributed by atoms with Crippen LogP contribution in [0, 0.1) is 0 Å². The number of hydrogen-bond acceptors (Lipinski definition) is 5. The molecule has 1 fully saturated rings. The van der Waals surface area contributed by atoms with Crippen LogP contribution in [0.5, 0.6) is 0 Å². The quantitative estimate of drug-likeness (QED) is 0.751. The Morgan fingerprint density at radius 1 is 1.12 bits per heavy atom. The number of carbonyl (C=O) groups excluding carboxylic acids is 1. The third kappa shape index (κ3) is 4.95. The second kappa shape index (κ2) is 9.00. The van der Waals surface area contributed by atoms with Crippen LogP contribution in [-0.2, 0) is 11.3 Å². The van der Waals surface area contributed by atoms with E-state index in [9.17, 15) is 4.79 Å². The maximum atomic E-state index is 12.6. The minimum Gasteiger partial charge on any atom is -0.337 e. The van der Waals surface area contributed by atoms with Gasteiger partial charge in [0, 0.05) is 49.0 Å². The first-order chi connectivity index (χ1) is 12.7. The largest absolute Gasteiger partial charge is 0.337 e. The third-order valence-electron chi connectivity index (χ3n) is 4.59. The molecule has 26 heavy (non-hydrogen) atoms. The number of nitrogens with one attached hydrogen (secondary N) is 1. The highest BCUT2D eigenvalue weighted by atomic mass is 32.2. The summed E-state index contributed by atoms with van der Waals surface area (Å²) < 4.78 is 0. The fourth-order valence-corrected chi connectivity index (χ4v) is 3.54. The third-order valence-corrected chi connectivity index (χ3v) is 5.33. The Labute approximate surface area is 159 Å². The Kier molecular flexibility index (Phi) is 6.46. The van der Waals surface area contributed by atoms with E-state index in [1.807, 2.05) is 11.0 Å². The van der Waals surface area contributed by atoms with Gasteiger partial charge in [0.2, 0.25) is 5.95 Å². The molecule has 3 rings (SSSR count). The van der Waals surface area contributed by atoms with Gasteiger partial charge < -0.3 is 14.7 Å². The molecule has 0 aliphatic carbocycles. The second-order valence-corrected chi connectivity index (χ2v) is 7.46. The fourth-order valence-electron chi connectivity index (χ4n) is 3.13. The van der Waals surface area contributed by atoms with Crippen LogP contribution in [0.2, 0.25) is 0 Å². The first-order valence-electron chi connectivity index (χ1n) is 8.89. The number of rotatable bonds is 6. The van der Waals surface area contributed by atoms with Crippen molar-refractivity contribution in [1.82, 2.24) is 14.9 Å². The Morgan fingerprint density at radius 3 is 2.38 bits per heavy atom. The minimum atomic E-state index is 0.219. The lowest BCUT2D eigenvalue weighted by atomic mass is 10.2. The number of benzene rings is 1. The number of amides is 1. The molecule has 2 aromatic rings. The van der Waals surface area contributed by atoms with Gasteiger partial charge in [-0.05, 0) is 24.5 Å². The highest BCUT2D eigenvalue weighted by molar-refractivity contribution is 7.98. The molecule has 1 unspecified atom stereocenters. The zero-order valence-corrected chi connectivity index (χ0v) is 16.2. The topological polar surface area (TPSA) is 53.8 Å². The number of anilines is 1. The number of likely N-dealkylation sites (N-methyl/N-ethyl adjacent to an activating group) is 1. The van der Waals surface area contributed by atoms with Crippen LogP contribution in [0.3, 0.4) is 0 Å². The standard InChI is InChI=1S/C19H25N5OS/c1-22(14-16-4-6-17(26-2)7-5-16)15-18(25)23-10-12-24(13-11-23)19-20-8-3-9-21-19/h3-9H,10-15H2,1-2H3/p+1. The van der Waals surface area contributed by atoms with Crippen molar-refractivity contribution in [3.05, 3.63) is 48.3 Å². The molecule has 0 saturated carbocycles. The van der Waals surface area contributed by atoms with E-state index in [1.54, 1.807) is 24.2 Å². The van der Waals surface area contributed by atoms with Gasteiger partial charge in [-0.2, -0.15) is 0 Å². The summed E-state index contributed by atoms with van der Waals surface area (Å²) in [6.45, 7) is 4.40. The Hall–Kier alpha value is -2.12. The van der Waals surface area contributed by atoms with Gasteiger partial charge in [-0.25, -0.2) is 9.97 Å². The first kappa shape index (κ1) is 18.7. The van der Waals surface area contributed by atoms with E-state index < -0.39 is 0 Å². The van der Waals surface area contributed by atoms with Gasteiger partial charge in [0.05, 0.1) is 7.05 Å². The van der Waals surface area contributed by atoms with Crippen LogP contribution in [-0.4, -0.2) is 66.8 Å². The van der Waals surface area contributed by atoms with Crippen molar-refractivity contribution in [3.8, 4) is 0 Å². The molecule has 0 bridgehead atoms. The van der Waals surface area contributed by atoms with Gasteiger partial charge >= 0.3 is 0 Å². The highest BCUT2D eigenvalue weighted by Crippen LogP contribution is 2.14. The van der Waals surface area contributed by atoms with Crippen LogP contribution in [0.15, 0.2) is 47.6 Å². The van der Waals surface area contributed by atoms with E-state index in [4.69, 9.17) is 0 Å².